The SMILES string of the molecule is Cc1cc(S(=O)(=O)NCCCCCCCCNC(=O)NCCCCNC(=O)NCCCCCCCCNS(=O)(=O)c2ccc(O[C@H]3c4cc(Cl)cc(Cl)c4C[C@@H]3N(C)C)c(C)c2)ccc1O[C@H]1c2cc(Cl)cc(Cl)c2C[C@@H]1N(C)C. The number of likely N-dealkylation sites (N-methyl/N-ethyl adjacent to an activating group) is 2. The maximum Gasteiger partial charge on any atom is 0.314 e. The molecule has 22 heteroatoms. The Balaban J connectivity index is 0.708. The van der Waals surface area contributed by atoms with Gasteiger partial charge in [0.1, 0.15) is 23.7 Å². The highest BCUT2D eigenvalue weighted by Gasteiger charge is 2.39. The summed E-state index contributed by atoms with van der Waals surface area (Å²) in [5, 5.41) is 13.8. The predicted molar refractivity (Wildman–Crippen MR) is 322 cm³/mol. The van der Waals surface area contributed by atoms with E-state index in [9.17, 15) is 26.4 Å². The normalized spacial score (nSPS) is 16.9. The van der Waals surface area contributed by atoms with Crippen LogP contribution in [0.15, 0.2) is 70.5 Å². The maximum absolute atomic E-state index is 13.1. The van der Waals surface area contributed by atoms with Crippen LogP contribution < -0.4 is 40.2 Å². The van der Waals surface area contributed by atoms with E-state index >= 15 is 0 Å². The molecule has 0 saturated heterocycles. The molecule has 0 bridgehead atoms. The summed E-state index contributed by atoms with van der Waals surface area (Å²) in [5.74, 6) is 1.21. The smallest absolute Gasteiger partial charge is 0.314 e. The summed E-state index contributed by atoms with van der Waals surface area (Å²) >= 11 is 25.8. The van der Waals surface area contributed by atoms with Crippen molar-refractivity contribution < 1.29 is 35.9 Å². The first-order valence-corrected chi connectivity index (χ1v) is 32.5. The highest BCUT2D eigenvalue weighted by atomic mass is 35.5. The molecular weight excluding hydrogens is 1140 g/mol. The number of rotatable bonds is 33. The van der Waals surface area contributed by atoms with Crippen molar-refractivity contribution in [2.24, 2.45) is 0 Å². The highest BCUT2D eigenvalue weighted by Crippen LogP contribution is 2.44. The third kappa shape index (κ3) is 19.2. The number of hydrogen-bond acceptors (Lipinski definition) is 10. The highest BCUT2D eigenvalue weighted by molar-refractivity contribution is 7.89. The van der Waals surface area contributed by atoms with Crippen LogP contribution in [0.5, 0.6) is 11.5 Å². The van der Waals surface area contributed by atoms with E-state index in [0.29, 0.717) is 82.0 Å². The fourth-order valence-electron chi connectivity index (χ4n) is 10.2. The molecule has 0 spiro atoms. The van der Waals surface area contributed by atoms with Gasteiger partial charge in [-0.15, -0.1) is 0 Å². The van der Waals surface area contributed by atoms with E-state index < -0.39 is 20.0 Å². The molecule has 6 N–H and O–H groups in total. The second-order valence-electron chi connectivity index (χ2n) is 21.4. The van der Waals surface area contributed by atoms with Gasteiger partial charge in [-0.05, 0) is 176 Å². The molecule has 2 aliphatic rings. The summed E-state index contributed by atoms with van der Waals surface area (Å²) in [5.41, 5.74) is 5.35. The molecule has 4 amide bonds. The molecule has 80 heavy (non-hydrogen) atoms. The maximum atomic E-state index is 13.1. The van der Waals surface area contributed by atoms with Crippen LogP contribution in [0.3, 0.4) is 0 Å². The zero-order valence-corrected chi connectivity index (χ0v) is 51.8. The van der Waals surface area contributed by atoms with Crippen molar-refractivity contribution >= 4 is 78.5 Å². The van der Waals surface area contributed by atoms with E-state index in [1.54, 1.807) is 48.5 Å². The van der Waals surface area contributed by atoms with Crippen molar-refractivity contribution in [1.29, 1.82) is 0 Å². The van der Waals surface area contributed by atoms with Gasteiger partial charge in [0.05, 0.1) is 21.9 Å². The predicted octanol–water partition coefficient (Wildman–Crippen LogP) is 11.4. The molecule has 0 aromatic heterocycles. The molecule has 4 atom stereocenters. The Bertz CT molecular complexity index is 2740. The molecule has 0 unspecified atom stereocenters. The Hall–Kier alpha value is -4.08. The number of hydrogen-bond donors (Lipinski definition) is 6. The van der Waals surface area contributed by atoms with Crippen molar-refractivity contribution in [3.63, 3.8) is 0 Å². The van der Waals surface area contributed by atoms with Crippen LogP contribution in [0, 0.1) is 13.8 Å². The van der Waals surface area contributed by atoms with Crippen molar-refractivity contribution in [2.45, 2.75) is 151 Å². The third-order valence-electron chi connectivity index (χ3n) is 14.8. The molecule has 442 valence electrons. The number of nitrogens with one attached hydrogen (secondary N) is 6. The monoisotopic (exact) mass is 1220 g/mol. The van der Waals surface area contributed by atoms with Crippen LogP contribution >= 0.6 is 46.4 Å². The summed E-state index contributed by atoms with van der Waals surface area (Å²) < 4.78 is 71.0. The van der Waals surface area contributed by atoms with E-state index in [2.05, 4.69) is 40.5 Å². The number of carbonyl (C=O) groups is 2. The molecular formula is C58H82Cl4N8O8S2. The zero-order chi connectivity index (χ0) is 58.0. The van der Waals surface area contributed by atoms with E-state index in [1.165, 1.54) is 0 Å². The van der Waals surface area contributed by atoms with Crippen LogP contribution in [0.2, 0.25) is 20.1 Å². The Morgan fingerprint density at radius 1 is 0.475 bits per heavy atom. The van der Waals surface area contributed by atoms with Gasteiger partial charge in [0.25, 0.3) is 0 Å². The number of unbranched alkanes of at least 4 members (excludes halogenated alkanes) is 11. The number of amides is 4. The Morgan fingerprint density at radius 3 is 1.11 bits per heavy atom. The number of benzene rings is 4. The summed E-state index contributed by atoms with van der Waals surface area (Å²) in [6.07, 6.45) is 13.1. The van der Waals surface area contributed by atoms with Crippen LogP contribution in [-0.4, -0.2) is 118 Å². The van der Waals surface area contributed by atoms with Crippen molar-refractivity contribution in [3.05, 3.63) is 114 Å². The molecule has 0 radical (unpaired) electrons. The number of urea groups is 2. The Morgan fingerprint density at radius 2 is 0.787 bits per heavy atom. The molecule has 2 aliphatic carbocycles. The Kier molecular flexibility index (Phi) is 25.7. The number of carbonyl (C=O) groups excluding carboxylic acids is 2. The number of nitrogens with zero attached hydrogens (tertiary/aromatic N) is 2. The fourth-order valence-corrected chi connectivity index (χ4v) is 13.7. The first-order valence-electron chi connectivity index (χ1n) is 28.0. The van der Waals surface area contributed by atoms with Gasteiger partial charge in [-0.3, -0.25) is 0 Å². The standard InChI is InChI=1S/C58H82Cl4N8O8S2/c1-39-31-43(21-23-53(39)77-55-47-33-41(59)35-49(61)45(47)37-51(55)69(3)4)79(73,74)67-29-17-13-9-7-11-15-25-63-57(71)65-27-19-20-28-66-58(72)64-26-16-12-8-10-14-18-30-68-80(75,76)44-22-24-54(40(2)32-44)78-56-48-34-42(60)36-50(62)46(48)38-52(56)70(5)6/h21-24,31-36,51-52,55-56,67-68H,7-20,25-30,37-38H2,1-6H3,(H2,63,65,71)(H2,64,66,72)/t51-,52-,55-,56-/m0/s1. The average Bonchev–Trinajstić information content (AvgIpc) is 3.95. The van der Waals surface area contributed by atoms with Crippen molar-refractivity contribution in [1.82, 2.24) is 40.5 Å². The molecule has 16 nitrogen and oxygen atoms in total. The molecule has 4 aromatic rings. The minimum atomic E-state index is -3.69. The van der Waals surface area contributed by atoms with Gasteiger partial charge in [-0.2, -0.15) is 0 Å². The van der Waals surface area contributed by atoms with Gasteiger partial charge in [0.2, 0.25) is 20.0 Å². The minimum Gasteiger partial charge on any atom is -0.484 e. The van der Waals surface area contributed by atoms with Crippen LogP contribution in [0.1, 0.15) is 135 Å². The van der Waals surface area contributed by atoms with E-state index in [0.717, 1.165) is 125 Å². The second-order valence-corrected chi connectivity index (χ2v) is 26.6. The summed E-state index contributed by atoms with van der Waals surface area (Å²) in [4.78, 5) is 29.0. The Labute approximate surface area is 495 Å². The molecule has 4 aromatic carbocycles. The van der Waals surface area contributed by atoms with Gasteiger partial charge in [-0.1, -0.05) is 97.8 Å². The lowest BCUT2D eigenvalue weighted by Gasteiger charge is -2.28. The van der Waals surface area contributed by atoms with E-state index in [4.69, 9.17) is 55.9 Å². The second kappa shape index (κ2) is 31.5. The van der Waals surface area contributed by atoms with Crippen molar-refractivity contribution in [2.75, 3.05) is 67.5 Å². The minimum absolute atomic E-state index is 0.0394. The topological polar surface area (TPSA) is 200 Å². The first-order chi connectivity index (χ1) is 38.1. The third-order valence-corrected chi connectivity index (χ3v) is 18.8. The number of aryl methyl sites for hydroxylation is 2. The van der Waals surface area contributed by atoms with Crippen LogP contribution in [0.25, 0.3) is 0 Å². The van der Waals surface area contributed by atoms with Gasteiger partial charge >= 0.3 is 12.1 Å². The molecule has 0 aliphatic heterocycles. The average molecular weight is 1230 g/mol. The van der Waals surface area contributed by atoms with E-state index in [-0.39, 0.29) is 46.1 Å². The summed E-state index contributed by atoms with van der Waals surface area (Å²) in [7, 11) is 0.604. The largest absolute Gasteiger partial charge is 0.484 e. The quantitative estimate of drug-likeness (QED) is 0.0250. The molecule has 0 fully saturated rings. The van der Waals surface area contributed by atoms with Crippen LogP contribution in [-0.2, 0) is 32.9 Å². The van der Waals surface area contributed by atoms with Gasteiger partial charge in [0.15, 0.2) is 0 Å². The van der Waals surface area contributed by atoms with Gasteiger partial charge in [0, 0.05) is 70.5 Å². The molecule has 6 rings (SSSR count). The van der Waals surface area contributed by atoms with Crippen LogP contribution in [0.4, 0.5) is 9.59 Å². The van der Waals surface area contributed by atoms with Crippen molar-refractivity contribution in [3.8, 4) is 11.5 Å². The van der Waals surface area contributed by atoms with Gasteiger partial charge < -0.3 is 40.5 Å². The first kappa shape index (κ1) is 65.1. The van der Waals surface area contributed by atoms with E-state index in [1.807, 2.05) is 54.2 Å². The lowest BCUT2D eigenvalue weighted by Crippen LogP contribution is -2.38. The fraction of sp³-hybridized carbons (Fsp3) is 0.552. The van der Waals surface area contributed by atoms with Gasteiger partial charge in [-0.25, -0.2) is 35.9 Å². The number of halogens is 4. The number of fused-ring (bicyclic) bond motifs is 2. The summed E-state index contributed by atoms with van der Waals surface area (Å²) in [6, 6.07) is 16.8. The lowest BCUT2D eigenvalue weighted by atomic mass is 10.1. The number of sulfonamides is 2. The summed E-state index contributed by atoms with van der Waals surface area (Å²) in [6.45, 7) is 6.55. The molecule has 0 saturated carbocycles. The molecule has 0 heterocycles. The zero-order valence-electron chi connectivity index (χ0n) is 47.1. The lowest BCUT2D eigenvalue weighted by molar-refractivity contribution is 0.110. The number of ether oxygens (including phenoxy) is 2.